The number of hydrogen-bond donors (Lipinski definition) is 1. The monoisotopic (exact) mass is 394 g/mol. The van der Waals surface area contributed by atoms with E-state index in [0.717, 1.165) is 19.3 Å². The molecule has 0 unspecified atom stereocenters. The second-order valence-electron chi connectivity index (χ2n) is 7.91. The number of anilines is 2. The van der Waals surface area contributed by atoms with E-state index in [1.54, 1.807) is 48.5 Å². The van der Waals surface area contributed by atoms with Gasteiger partial charge in [-0.05, 0) is 73.6 Å². The first-order valence-electron chi connectivity index (χ1n) is 9.58. The number of carbonyl (C=O) groups excluding carboxylic acids is 3. The van der Waals surface area contributed by atoms with E-state index in [-0.39, 0.29) is 29.6 Å². The lowest BCUT2D eigenvalue weighted by molar-refractivity contribution is -0.123. The number of imide groups is 1. The van der Waals surface area contributed by atoms with E-state index in [4.69, 9.17) is 11.6 Å². The molecule has 2 aromatic carbocycles. The molecule has 142 valence electrons. The SMILES string of the molecule is O=C(Nc1cccc(Cl)c1)c1ccc(N2C(=O)[C@@H]3[C@H]4CC[C@H](C4)[C@@H]3C2=O)cc1. The first-order chi connectivity index (χ1) is 13.5. The van der Waals surface area contributed by atoms with Crippen molar-refractivity contribution in [3.8, 4) is 0 Å². The summed E-state index contributed by atoms with van der Waals surface area (Å²) >= 11 is 5.94. The quantitative estimate of drug-likeness (QED) is 0.796. The van der Waals surface area contributed by atoms with Crippen LogP contribution in [-0.4, -0.2) is 17.7 Å². The van der Waals surface area contributed by atoms with Gasteiger partial charge in [-0.15, -0.1) is 0 Å². The highest BCUT2D eigenvalue weighted by Crippen LogP contribution is 2.56. The minimum absolute atomic E-state index is 0.0710. The molecule has 6 heteroatoms. The summed E-state index contributed by atoms with van der Waals surface area (Å²) in [6.45, 7) is 0. The fourth-order valence-electron chi connectivity index (χ4n) is 5.19. The summed E-state index contributed by atoms with van der Waals surface area (Å²) in [5, 5.41) is 3.33. The maximum absolute atomic E-state index is 12.9. The van der Waals surface area contributed by atoms with Crippen molar-refractivity contribution in [2.24, 2.45) is 23.7 Å². The molecule has 0 aromatic heterocycles. The number of carbonyl (C=O) groups is 3. The van der Waals surface area contributed by atoms with Gasteiger partial charge in [0.25, 0.3) is 5.91 Å². The van der Waals surface area contributed by atoms with Crippen molar-refractivity contribution in [3.05, 3.63) is 59.1 Å². The summed E-state index contributed by atoms with van der Waals surface area (Å²) in [4.78, 5) is 39.6. The van der Waals surface area contributed by atoms with E-state index in [1.165, 1.54) is 4.90 Å². The van der Waals surface area contributed by atoms with Gasteiger partial charge in [0.2, 0.25) is 11.8 Å². The summed E-state index contributed by atoms with van der Waals surface area (Å²) in [7, 11) is 0. The molecule has 5 nitrogen and oxygen atoms in total. The van der Waals surface area contributed by atoms with Crippen LogP contribution in [0, 0.1) is 23.7 Å². The van der Waals surface area contributed by atoms with Crippen molar-refractivity contribution in [2.75, 3.05) is 10.2 Å². The van der Waals surface area contributed by atoms with Gasteiger partial charge in [-0.3, -0.25) is 19.3 Å². The molecule has 2 bridgehead atoms. The van der Waals surface area contributed by atoms with Gasteiger partial charge in [0.1, 0.15) is 0 Å². The van der Waals surface area contributed by atoms with Crippen LogP contribution in [0.3, 0.4) is 0 Å². The number of halogens is 1. The molecule has 5 rings (SSSR count). The van der Waals surface area contributed by atoms with Gasteiger partial charge in [-0.1, -0.05) is 17.7 Å². The number of hydrogen-bond acceptors (Lipinski definition) is 3. The van der Waals surface area contributed by atoms with Gasteiger partial charge < -0.3 is 5.32 Å². The van der Waals surface area contributed by atoms with Crippen molar-refractivity contribution in [2.45, 2.75) is 19.3 Å². The maximum atomic E-state index is 12.9. The molecule has 4 atom stereocenters. The Kier molecular flexibility index (Phi) is 4.02. The summed E-state index contributed by atoms with van der Waals surface area (Å²) in [6, 6.07) is 13.5. The first-order valence-corrected chi connectivity index (χ1v) is 9.95. The fraction of sp³-hybridized carbons (Fsp3) is 0.318. The Hall–Kier alpha value is -2.66. The van der Waals surface area contributed by atoms with Gasteiger partial charge in [-0.2, -0.15) is 0 Å². The van der Waals surface area contributed by atoms with Crippen molar-refractivity contribution in [1.29, 1.82) is 0 Å². The number of rotatable bonds is 3. The zero-order valence-corrected chi connectivity index (χ0v) is 15.9. The standard InChI is InChI=1S/C22H19ClN2O3/c23-15-2-1-3-16(11-15)24-20(26)12-6-8-17(9-7-12)25-21(27)18-13-4-5-14(10-13)19(18)22(25)28/h1-3,6-9,11,13-14,18-19H,4-5,10H2,(H,24,26)/t13-,14+,18+,19-. The van der Waals surface area contributed by atoms with Gasteiger partial charge in [0.15, 0.2) is 0 Å². The smallest absolute Gasteiger partial charge is 0.255 e. The lowest BCUT2D eigenvalue weighted by Gasteiger charge is -2.19. The fourth-order valence-corrected chi connectivity index (χ4v) is 5.38. The van der Waals surface area contributed by atoms with Crippen molar-refractivity contribution >= 4 is 40.7 Å². The van der Waals surface area contributed by atoms with Crippen molar-refractivity contribution in [3.63, 3.8) is 0 Å². The van der Waals surface area contributed by atoms with Crippen LogP contribution in [0.4, 0.5) is 11.4 Å². The highest BCUT2D eigenvalue weighted by Gasteiger charge is 2.61. The molecule has 3 fully saturated rings. The number of amides is 3. The third-order valence-corrected chi connectivity index (χ3v) is 6.63. The molecule has 2 aliphatic carbocycles. The summed E-state index contributed by atoms with van der Waals surface area (Å²) in [6.07, 6.45) is 3.13. The Labute approximate surface area is 167 Å². The molecule has 2 saturated carbocycles. The van der Waals surface area contributed by atoms with Crippen LogP contribution >= 0.6 is 11.6 Å². The van der Waals surface area contributed by atoms with E-state index in [1.807, 2.05) is 0 Å². The molecule has 28 heavy (non-hydrogen) atoms. The minimum atomic E-state index is -0.275. The van der Waals surface area contributed by atoms with Crippen LogP contribution in [0.15, 0.2) is 48.5 Å². The zero-order chi connectivity index (χ0) is 19.4. The van der Waals surface area contributed by atoms with Crippen LogP contribution in [0.2, 0.25) is 5.02 Å². The summed E-state index contributed by atoms with van der Waals surface area (Å²) in [5.74, 6) is 0.0203. The van der Waals surface area contributed by atoms with Crippen LogP contribution in [0.1, 0.15) is 29.6 Å². The largest absolute Gasteiger partial charge is 0.322 e. The molecule has 3 aliphatic rings. The van der Waals surface area contributed by atoms with E-state index in [9.17, 15) is 14.4 Å². The average Bonchev–Trinajstić information content (AvgIpc) is 3.36. The first kappa shape index (κ1) is 17.4. The van der Waals surface area contributed by atoms with Crippen LogP contribution in [0.25, 0.3) is 0 Å². The average molecular weight is 395 g/mol. The molecule has 3 amide bonds. The maximum Gasteiger partial charge on any atom is 0.255 e. The second kappa shape index (κ2) is 6.45. The van der Waals surface area contributed by atoms with Crippen LogP contribution in [-0.2, 0) is 9.59 Å². The van der Waals surface area contributed by atoms with Crippen LogP contribution < -0.4 is 10.2 Å². The number of fused-ring (bicyclic) bond motifs is 5. The third-order valence-electron chi connectivity index (χ3n) is 6.40. The Morgan fingerprint density at radius 2 is 1.61 bits per heavy atom. The molecular weight excluding hydrogens is 376 g/mol. The predicted octanol–water partition coefficient (Wildman–Crippen LogP) is 4.13. The molecule has 2 aromatic rings. The van der Waals surface area contributed by atoms with E-state index < -0.39 is 0 Å². The summed E-state index contributed by atoms with van der Waals surface area (Å²) in [5.41, 5.74) is 1.60. The van der Waals surface area contributed by atoms with Gasteiger partial charge in [-0.25, -0.2) is 0 Å². The number of nitrogens with one attached hydrogen (secondary N) is 1. The summed E-state index contributed by atoms with van der Waals surface area (Å²) < 4.78 is 0. The second-order valence-corrected chi connectivity index (χ2v) is 8.34. The molecule has 1 heterocycles. The highest BCUT2D eigenvalue weighted by atomic mass is 35.5. The molecule has 0 spiro atoms. The molecule has 0 radical (unpaired) electrons. The van der Waals surface area contributed by atoms with E-state index >= 15 is 0 Å². The lowest BCUT2D eigenvalue weighted by Crippen LogP contribution is -2.32. The van der Waals surface area contributed by atoms with Gasteiger partial charge in [0, 0.05) is 16.3 Å². The van der Waals surface area contributed by atoms with E-state index in [0.29, 0.717) is 33.8 Å². The molecule has 1 N–H and O–H groups in total. The van der Waals surface area contributed by atoms with E-state index in [2.05, 4.69) is 5.32 Å². The van der Waals surface area contributed by atoms with Gasteiger partial charge >= 0.3 is 0 Å². The molecule has 1 saturated heterocycles. The highest BCUT2D eigenvalue weighted by molar-refractivity contribution is 6.31. The Bertz CT molecular complexity index is 960. The number of nitrogens with zero attached hydrogens (tertiary/aromatic N) is 1. The topological polar surface area (TPSA) is 66.5 Å². The molecular formula is C22H19ClN2O3. The minimum Gasteiger partial charge on any atom is -0.322 e. The lowest BCUT2D eigenvalue weighted by atomic mass is 9.81. The van der Waals surface area contributed by atoms with Crippen molar-refractivity contribution in [1.82, 2.24) is 0 Å². The Morgan fingerprint density at radius 3 is 2.21 bits per heavy atom. The Morgan fingerprint density at radius 1 is 0.964 bits per heavy atom. The predicted molar refractivity (Wildman–Crippen MR) is 106 cm³/mol. The molecule has 1 aliphatic heterocycles. The normalized spacial score (nSPS) is 28.0. The van der Waals surface area contributed by atoms with Gasteiger partial charge in [0.05, 0.1) is 17.5 Å². The van der Waals surface area contributed by atoms with Crippen LogP contribution in [0.5, 0.6) is 0 Å². The Balaban J connectivity index is 1.35. The van der Waals surface area contributed by atoms with Crippen molar-refractivity contribution < 1.29 is 14.4 Å². The number of benzene rings is 2. The third kappa shape index (κ3) is 2.65. The zero-order valence-electron chi connectivity index (χ0n) is 15.1.